The van der Waals surface area contributed by atoms with E-state index in [-0.39, 0.29) is 42.8 Å². The molecule has 6 nitrogen and oxygen atoms in total. The first-order chi connectivity index (χ1) is 15.7. The van der Waals surface area contributed by atoms with E-state index in [1.54, 1.807) is 17.8 Å². The van der Waals surface area contributed by atoms with Crippen LogP contribution in [-0.2, 0) is 26.4 Å². The Morgan fingerprint density at radius 3 is 2.57 bits per heavy atom. The molecule has 0 bridgehead atoms. The van der Waals surface area contributed by atoms with E-state index in [4.69, 9.17) is 4.74 Å². The fourth-order valence-corrected chi connectivity index (χ4v) is 3.70. The first kappa shape index (κ1) is 30.4. The SMILES string of the molecule is Cl.Cl.Cl.Cn1c(=O)c(OCCCNCc2ccnc(CCc3cccnc3)c2)cc2ccccc21. The molecule has 0 amide bonds. The van der Waals surface area contributed by atoms with Gasteiger partial charge in [0, 0.05) is 43.3 Å². The Kier molecular flexibility index (Phi) is 13.3. The maximum absolute atomic E-state index is 12.5. The van der Waals surface area contributed by atoms with Crippen molar-refractivity contribution in [1.82, 2.24) is 19.9 Å². The largest absolute Gasteiger partial charge is 0.488 e. The molecule has 0 fully saturated rings. The van der Waals surface area contributed by atoms with E-state index < -0.39 is 0 Å². The molecular weight excluding hydrogens is 507 g/mol. The minimum Gasteiger partial charge on any atom is -0.488 e. The van der Waals surface area contributed by atoms with Crippen molar-refractivity contribution in [3.63, 3.8) is 0 Å². The Balaban J connectivity index is 0.00000204. The maximum atomic E-state index is 12.5. The summed E-state index contributed by atoms with van der Waals surface area (Å²) >= 11 is 0. The molecule has 0 atom stereocenters. The van der Waals surface area contributed by atoms with Gasteiger partial charge in [-0.3, -0.25) is 14.8 Å². The van der Waals surface area contributed by atoms with E-state index in [2.05, 4.69) is 27.4 Å². The number of hydrogen-bond donors (Lipinski definition) is 1. The minimum absolute atomic E-state index is 0. The summed E-state index contributed by atoms with van der Waals surface area (Å²) in [4.78, 5) is 21.1. The molecule has 0 radical (unpaired) electrons. The van der Waals surface area contributed by atoms with Crippen LogP contribution in [0.4, 0.5) is 0 Å². The number of pyridine rings is 3. The standard InChI is InChI=1S/C26H28N4O2.3ClH/c1-30-24-8-3-2-7-22(24)17-25(26(30)31)32-15-5-13-28-19-21-11-14-29-23(16-21)10-9-20-6-4-12-27-18-20;;;/h2-4,6-8,11-12,14,16-18,28H,5,9-10,13,15,19H2,1H3;3*1H. The molecule has 0 aliphatic rings. The number of ether oxygens (including phenoxy) is 1. The lowest BCUT2D eigenvalue weighted by atomic mass is 10.1. The number of para-hydroxylation sites is 1. The number of fused-ring (bicyclic) bond motifs is 1. The maximum Gasteiger partial charge on any atom is 0.293 e. The number of nitrogens with one attached hydrogen (secondary N) is 1. The van der Waals surface area contributed by atoms with Crippen LogP contribution in [0.25, 0.3) is 10.9 Å². The highest BCUT2D eigenvalue weighted by molar-refractivity contribution is 5.86. The summed E-state index contributed by atoms with van der Waals surface area (Å²) in [6, 6.07) is 17.9. The van der Waals surface area contributed by atoms with Crippen LogP contribution in [0.1, 0.15) is 23.2 Å². The van der Waals surface area contributed by atoms with Gasteiger partial charge in [-0.25, -0.2) is 0 Å². The number of rotatable bonds is 10. The topological polar surface area (TPSA) is 69.0 Å². The van der Waals surface area contributed by atoms with E-state index in [0.717, 1.165) is 48.9 Å². The highest BCUT2D eigenvalue weighted by Crippen LogP contribution is 2.16. The van der Waals surface area contributed by atoms with Crippen molar-refractivity contribution in [1.29, 1.82) is 0 Å². The molecule has 3 aromatic heterocycles. The molecule has 35 heavy (non-hydrogen) atoms. The molecule has 0 unspecified atom stereocenters. The van der Waals surface area contributed by atoms with Gasteiger partial charge in [-0.15, -0.1) is 37.2 Å². The Morgan fingerprint density at radius 2 is 1.77 bits per heavy atom. The van der Waals surface area contributed by atoms with Crippen LogP contribution in [0.3, 0.4) is 0 Å². The van der Waals surface area contributed by atoms with Crippen molar-refractivity contribution < 1.29 is 4.74 Å². The number of halogens is 3. The summed E-state index contributed by atoms with van der Waals surface area (Å²) in [5.74, 6) is 0.401. The van der Waals surface area contributed by atoms with Crippen molar-refractivity contribution in [3.05, 3.63) is 100 Å². The normalized spacial score (nSPS) is 10.1. The Bertz CT molecular complexity index is 1240. The van der Waals surface area contributed by atoms with E-state index in [9.17, 15) is 4.79 Å². The fourth-order valence-electron chi connectivity index (χ4n) is 3.70. The van der Waals surface area contributed by atoms with Crippen molar-refractivity contribution >= 4 is 48.1 Å². The van der Waals surface area contributed by atoms with Crippen LogP contribution in [0.15, 0.2) is 78.0 Å². The fraction of sp³-hybridized carbons (Fsp3) is 0.269. The summed E-state index contributed by atoms with van der Waals surface area (Å²) in [5.41, 5.74) is 4.32. The molecule has 0 aliphatic heterocycles. The number of hydrogen-bond acceptors (Lipinski definition) is 5. The van der Waals surface area contributed by atoms with Crippen LogP contribution in [0, 0.1) is 0 Å². The van der Waals surface area contributed by atoms with Crippen LogP contribution in [-0.4, -0.2) is 27.7 Å². The molecule has 1 N–H and O–H groups in total. The average molecular weight is 538 g/mol. The minimum atomic E-state index is -0.104. The molecule has 1 aromatic carbocycles. The molecule has 0 saturated carbocycles. The van der Waals surface area contributed by atoms with Gasteiger partial charge in [0.1, 0.15) is 0 Å². The third kappa shape index (κ3) is 8.51. The molecule has 0 saturated heterocycles. The summed E-state index contributed by atoms with van der Waals surface area (Å²) in [6.07, 6.45) is 8.21. The first-order valence-corrected chi connectivity index (χ1v) is 11.0. The third-order valence-corrected chi connectivity index (χ3v) is 5.46. The Labute approximate surface area is 224 Å². The highest BCUT2D eigenvalue weighted by atomic mass is 35.5. The van der Waals surface area contributed by atoms with Gasteiger partial charge in [0.25, 0.3) is 5.56 Å². The molecule has 9 heteroatoms. The zero-order valence-electron chi connectivity index (χ0n) is 19.6. The smallest absolute Gasteiger partial charge is 0.293 e. The molecule has 3 heterocycles. The molecule has 188 valence electrons. The number of aromatic nitrogens is 3. The zero-order chi connectivity index (χ0) is 22.2. The van der Waals surface area contributed by atoms with Crippen molar-refractivity contribution in [2.45, 2.75) is 25.8 Å². The van der Waals surface area contributed by atoms with Crippen molar-refractivity contribution in [2.24, 2.45) is 7.05 Å². The number of nitrogens with zero attached hydrogens (tertiary/aromatic N) is 3. The van der Waals surface area contributed by atoms with E-state index in [1.807, 2.05) is 54.9 Å². The van der Waals surface area contributed by atoms with E-state index in [0.29, 0.717) is 12.4 Å². The quantitative estimate of drug-likeness (QED) is 0.290. The van der Waals surface area contributed by atoms with Crippen LogP contribution in [0.2, 0.25) is 0 Å². The summed E-state index contributed by atoms with van der Waals surface area (Å²) in [6.45, 7) is 2.08. The molecule has 0 aliphatic carbocycles. The predicted molar refractivity (Wildman–Crippen MR) is 149 cm³/mol. The highest BCUT2D eigenvalue weighted by Gasteiger charge is 2.07. The summed E-state index contributed by atoms with van der Waals surface area (Å²) < 4.78 is 7.42. The van der Waals surface area contributed by atoms with Crippen LogP contribution >= 0.6 is 37.2 Å². The van der Waals surface area contributed by atoms with Gasteiger partial charge >= 0.3 is 0 Å². The number of aryl methyl sites for hydroxylation is 3. The Hall–Kier alpha value is -2.64. The van der Waals surface area contributed by atoms with Gasteiger partial charge in [0.2, 0.25) is 0 Å². The van der Waals surface area contributed by atoms with Gasteiger partial charge in [0.15, 0.2) is 5.75 Å². The van der Waals surface area contributed by atoms with Crippen molar-refractivity contribution in [3.8, 4) is 5.75 Å². The lowest BCUT2D eigenvalue weighted by Gasteiger charge is -2.11. The van der Waals surface area contributed by atoms with E-state index in [1.165, 1.54) is 11.1 Å². The van der Waals surface area contributed by atoms with Crippen molar-refractivity contribution in [2.75, 3.05) is 13.2 Å². The second-order valence-electron chi connectivity index (χ2n) is 7.83. The number of benzene rings is 1. The van der Waals surface area contributed by atoms with Gasteiger partial charge in [0.05, 0.1) is 12.1 Å². The first-order valence-electron chi connectivity index (χ1n) is 11.0. The second-order valence-corrected chi connectivity index (χ2v) is 7.83. The third-order valence-electron chi connectivity index (χ3n) is 5.46. The van der Waals surface area contributed by atoms with Crippen LogP contribution < -0.4 is 15.6 Å². The van der Waals surface area contributed by atoms with E-state index >= 15 is 0 Å². The lowest BCUT2D eigenvalue weighted by molar-refractivity contribution is 0.303. The van der Waals surface area contributed by atoms with Gasteiger partial charge in [-0.1, -0.05) is 24.3 Å². The molecular formula is C26H31Cl3N4O2. The second kappa shape index (κ2) is 15.4. The summed E-state index contributed by atoms with van der Waals surface area (Å²) in [7, 11) is 1.78. The summed E-state index contributed by atoms with van der Waals surface area (Å²) in [5, 5.41) is 4.44. The lowest BCUT2D eigenvalue weighted by Crippen LogP contribution is -2.21. The molecule has 4 rings (SSSR count). The monoisotopic (exact) mass is 536 g/mol. The molecule has 0 spiro atoms. The average Bonchev–Trinajstić information content (AvgIpc) is 2.84. The van der Waals surface area contributed by atoms with Gasteiger partial charge in [-0.2, -0.15) is 0 Å². The Morgan fingerprint density at radius 1 is 0.943 bits per heavy atom. The van der Waals surface area contributed by atoms with Gasteiger partial charge in [-0.05, 0) is 67.3 Å². The van der Waals surface area contributed by atoms with Crippen LogP contribution in [0.5, 0.6) is 5.75 Å². The predicted octanol–water partition coefficient (Wildman–Crippen LogP) is 4.94. The zero-order valence-corrected chi connectivity index (χ0v) is 22.0. The van der Waals surface area contributed by atoms with Gasteiger partial charge < -0.3 is 14.6 Å². The molecule has 4 aromatic rings.